The minimum Gasteiger partial charge on any atom is -0.313 e. The highest BCUT2D eigenvalue weighted by atomic mass is 32.2. The van der Waals surface area contributed by atoms with Crippen LogP contribution in [0.3, 0.4) is 0 Å². The molecule has 5 nitrogen and oxygen atoms in total. The van der Waals surface area contributed by atoms with Gasteiger partial charge >= 0.3 is 0 Å². The Labute approximate surface area is 127 Å². The summed E-state index contributed by atoms with van der Waals surface area (Å²) in [5.41, 5.74) is 0.991. The van der Waals surface area contributed by atoms with Crippen LogP contribution in [0.5, 0.6) is 0 Å². The summed E-state index contributed by atoms with van der Waals surface area (Å²) in [6, 6.07) is 3.46. The van der Waals surface area contributed by atoms with Crippen LogP contribution in [-0.4, -0.2) is 26.0 Å². The van der Waals surface area contributed by atoms with Crippen molar-refractivity contribution in [1.29, 1.82) is 0 Å². The molecule has 118 valence electrons. The number of nitrogens with one attached hydrogen (secondary N) is 2. The second-order valence-corrected chi connectivity index (χ2v) is 7.26. The lowest BCUT2D eigenvalue weighted by Gasteiger charge is -2.16. The topological polar surface area (TPSA) is 71.1 Å². The first-order chi connectivity index (χ1) is 10.1. The van der Waals surface area contributed by atoms with Gasteiger partial charge in [-0.25, -0.2) is 18.1 Å². The molecule has 1 aliphatic carbocycles. The Balaban J connectivity index is 2.01. The van der Waals surface area contributed by atoms with Crippen molar-refractivity contribution in [2.24, 2.45) is 0 Å². The van der Waals surface area contributed by atoms with E-state index in [4.69, 9.17) is 0 Å². The summed E-state index contributed by atoms with van der Waals surface area (Å²) >= 11 is 0. The van der Waals surface area contributed by atoms with Gasteiger partial charge in [-0.1, -0.05) is 38.7 Å². The smallest absolute Gasteiger partial charge is 0.258 e. The molecule has 2 rings (SSSR count). The lowest BCUT2D eigenvalue weighted by molar-refractivity contribution is 0.508. The van der Waals surface area contributed by atoms with E-state index in [-0.39, 0.29) is 11.1 Å². The average molecular weight is 311 g/mol. The van der Waals surface area contributed by atoms with Crippen LogP contribution in [0.15, 0.2) is 23.4 Å². The molecule has 0 unspecified atom stereocenters. The minimum absolute atomic E-state index is 0.0562. The normalized spacial score (nSPS) is 17.6. The van der Waals surface area contributed by atoms with Crippen LogP contribution >= 0.6 is 0 Å². The summed E-state index contributed by atoms with van der Waals surface area (Å²) in [6.45, 7) is 3.62. The van der Waals surface area contributed by atoms with Crippen molar-refractivity contribution in [2.45, 2.75) is 63.1 Å². The maximum Gasteiger partial charge on any atom is 0.258 e. The number of sulfonamides is 1. The summed E-state index contributed by atoms with van der Waals surface area (Å²) in [7, 11) is -3.49. The van der Waals surface area contributed by atoms with E-state index >= 15 is 0 Å². The molecule has 2 N–H and O–H groups in total. The van der Waals surface area contributed by atoms with Crippen molar-refractivity contribution < 1.29 is 8.42 Å². The molecule has 0 amide bonds. The molecule has 1 fully saturated rings. The van der Waals surface area contributed by atoms with Gasteiger partial charge in [-0.2, -0.15) is 0 Å². The first-order valence-electron chi connectivity index (χ1n) is 7.80. The SMILES string of the molecule is CCNCc1ccc(S(=O)(=O)NC2CCCCCC2)nc1. The summed E-state index contributed by atoms with van der Waals surface area (Å²) in [5, 5.41) is 3.31. The molecule has 0 spiro atoms. The van der Waals surface area contributed by atoms with Crippen LogP contribution in [0, 0.1) is 0 Å². The van der Waals surface area contributed by atoms with Gasteiger partial charge in [0, 0.05) is 18.8 Å². The molecule has 0 aliphatic heterocycles. The zero-order valence-corrected chi connectivity index (χ0v) is 13.5. The highest BCUT2D eigenvalue weighted by Gasteiger charge is 2.22. The number of hydrogen-bond donors (Lipinski definition) is 2. The molecule has 1 heterocycles. The monoisotopic (exact) mass is 311 g/mol. The van der Waals surface area contributed by atoms with Crippen molar-refractivity contribution >= 4 is 10.0 Å². The van der Waals surface area contributed by atoms with Gasteiger partial charge in [-0.15, -0.1) is 0 Å². The van der Waals surface area contributed by atoms with Crippen LogP contribution in [-0.2, 0) is 16.6 Å². The average Bonchev–Trinajstić information content (AvgIpc) is 2.73. The molecule has 0 saturated heterocycles. The molecule has 21 heavy (non-hydrogen) atoms. The van der Waals surface area contributed by atoms with Crippen molar-refractivity contribution in [1.82, 2.24) is 15.0 Å². The zero-order valence-electron chi connectivity index (χ0n) is 12.6. The summed E-state index contributed by atoms with van der Waals surface area (Å²) in [5.74, 6) is 0. The third-order valence-corrected chi connectivity index (χ3v) is 5.26. The van der Waals surface area contributed by atoms with E-state index in [0.29, 0.717) is 6.54 Å². The first-order valence-corrected chi connectivity index (χ1v) is 9.28. The molecule has 6 heteroatoms. The van der Waals surface area contributed by atoms with Crippen LogP contribution in [0.1, 0.15) is 51.0 Å². The first kappa shape index (κ1) is 16.4. The van der Waals surface area contributed by atoms with E-state index in [1.54, 1.807) is 12.3 Å². The van der Waals surface area contributed by atoms with Crippen molar-refractivity contribution in [3.63, 3.8) is 0 Å². The van der Waals surface area contributed by atoms with E-state index in [0.717, 1.165) is 37.8 Å². The summed E-state index contributed by atoms with van der Waals surface area (Å²) in [4.78, 5) is 4.10. The summed E-state index contributed by atoms with van der Waals surface area (Å²) < 4.78 is 27.5. The summed E-state index contributed by atoms with van der Waals surface area (Å²) in [6.07, 6.45) is 8.09. The van der Waals surface area contributed by atoms with E-state index in [1.165, 1.54) is 12.8 Å². The molecule has 1 aliphatic rings. The number of aromatic nitrogens is 1. The van der Waals surface area contributed by atoms with Crippen LogP contribution in [0.25, 0.3) is 0 Å². The fraction of sp³-hybridized carbons (Fsp3) is 0.667. The number of rotatable bonds is 6. The van der Waals surface area contributed by atoms with Gasteiger partial charge in [-0.3, -0.25) is 0 Å². The molecule has 0 bridgehead atoms. The second kappa shape index (κ2) is 7.87. The number of pyridine rings is 1. The molecule has 1 aromatic rings. The Kier molecular flexibility index (Phi) is 6.14. The lowest BCUT2D eigenvalue weighted by atomic mass is 10.1. The Morgan fingerprint density at radius 3 is 2.48 bits per heavy atom. The lowest BCUT2D eigenvalue weighted by Crippen LogP contribution is -2.34. The predicted molar refractivity (Wildman–Crippen MR) is 83.4 cm³/mol. The molecule has 0 radical (unpaired) electrons. The highest BCUT2D eigenvalue weighted by molar-refractivity contribution is 7.89. The van der Waals surface area contributed by atoms with Crippen LogP contribution in [0.2, 0.25) is 0 Å². The fourth-order valence-corrected chi connectivity index (χ4v) is 3.85. The Bertz CT molecular complexity index is 520. The zero-order chi connectivity index (χ0) is 15.1. The van der Waals surface area contributed by atoms with Crippen LogP contribution < -0.4 is 10.0 Å². The standard InChI is InChI=1S/C15H25N3O2S/c1-2-16-11-13-9-10-15(17-12-13)21(19,20)18-14-7-5-3-4-6-8-14/h9-10,12,14,16,18H,2-8,11H2,1H3. The maximum atomic E-state index is 12.3. The Hall–Kier alpha value is -0.980. The van der Waals surface area contributed by atoms with Crippen molar-refractivity contribution in [3.8, 4) is 0 Å². The van der Waals surface area contributed by atoms with Gasteiger partial charge in [0.05, 0.1) is 0 Å². The predicted octanol–water partition coefficient (Wildman–Crippen LogP) is 2.19. The third kappa shape index (κ3) is 5.05. The van der Waals surface area contributed by atoms with Gasteiger partial charge in [0.25, 0.3) is 10.0 Å². The van der Waals surface area contributed by atoms with E-state index in [9.17, 15) is 8.42 Å². The van der Waals surface area contributed by atoms with E-state index in [2.05, 4.69) is 15.0 Å². The second-order valence-electron chi connectivity index (χ2n) is 5.59. The van der Waals surface area contributed by atoms with Crippen molar-refractivity contribution in [3.05, 3.63) is 23.9 Å². The number of nitrogens with zero attached hydrogens (tertiary/aromatic N) is 1. The molecular formula is C15H25N3O2S. The number of hydrogen-bond acceptors (Lipinski definition) is 4. The minimum atomic E-state index is -3.49. The van der Waals surface area contributed by atoms with Gasteiger partial charge in [-0.05, 0) is 31.0 Å². The van der Waals surface area contributed by atoms with E-state index in [1.807, 2.05) is 13.0 Å². The Morgan fingerprint density at radius 1 is 1.19 bits per heavy atom. The highest BCUT2D eigenvalue weighted by Crippen LogP contribution is 2.19. The molecule has 0 aromatic carbocycles. The molecular weight excluding hydrogens is 286 g/mol. The quantitative estimate of drug-likeness (QED) is 0.790. The van der Waals surface area contributed by atoms with Crippen molar-refractivity contribution in [2.75, 3.05) is 6.54 Å². The Morgan fingerprint density at radius 2 is 1.90 bits per heavy atom. The van der Waals surface area contributed by atoms with Gasteiger partial charge in [0.1, 0.15) is 0 Å². The van der Waals surface area contributed by atoms with Gasteiger partial charge in [0.2, 0.25) is 0 Å². The molecule has 1 saturated carbocycles. The van der Waals surface area contributed by atoms with Crippen LogP contribution in [0.4, 0.5) is 0 Å². The molecule has 0 atom stereocenters. The molecule has 1 aromatic heterocycles. The van der Waals surface area contributed by atoms with Gasteiger partial charge in [0.15, 0.2) is 5.03 Å². The maximum absolute atomic E-state index is 12.3. The van der Waals surface area contributed by atoms with E-state index < -0.39 is 10.0 Å². The largest absolute Gasteiger partial charge is 0.313 e. The van der Waals surface area contributed by atoms with Gasteiger partial charge < -0.3 is 5.32 Å². The fourth-order valence-electron chi connectivity index (χ4n) is 2.62. The third-order valence-electron chi connectivity index (χ3n) is 3.83.